The summed E-state index contributed by atoms with van der Waals surface area (Å²) in [7, 11) is -13.6. The predicted octanol–water partition coefficient (Wildman–Crippen LogP) is 4.99. The summed E-state index contributed by atoms with van der Waals surface area (Å²) in [5.41, 5.74) is -0.517. The van der Waals surface area contributed by atoms with Crippen molar-refractivity contribution in [2.75, 3.05) is 31.9 Å². The number of aromatic nitrogens is 4. The van der Waals surface area contributed by atoms with Gasteiger partial charge in [-0.1, -0.05) is 24.3 Å². The minimum absolute atomic E-state index is 0.0537. The number of amides is 6. The fraction of sp³-hybridized carbons (Fsp3) is 0.0889. The van der Waals surface area contributed by atoms with Gasteiger partial charge in [0.1, 0.15) is 42.9 Å². The van der Waals surface area contributed by atoms with E-state index in [-0.39, 0.29) is 78.4 Å². The van der Waals surface area contributed by atoms with Gasteiger partial charge in [0.05, 0.1) is 22.3 Å². The molecule has 4 aromatic heterocycles. The van der Waals surface area contributed by atoms with Gasteiger partial charge in [-0.3, -0.25) is 48.0 Å². The van der Waals surface area contributed by atoms with Crippen molar-refractivity contribution in [1.29, 1.82) is 0 Å². The number of aryl methyl sites for hydroxylation is 4. The van der Waals surface area contributed by atoms with E-state index in [1.54, 1.807) is 0 Å². The monoisotopic (exact) mass is 1120 g/mol. The highest BCUT2D eigenvalue weighted by atomic mass is 32.2. The molecule has 0 aliphatic rings. The molecule has 0 aliphatic carbocycles. The average Bonchev–Trinajstić information content (AvgIpc) is 4.09. The van der Waals surface area contributed by atoms with Crippen molar-refractivity contribution in [1.82, 2.24) is 18.3 Å². The molecule has 0 fully saturated rings. The molecule has 31 heteroatoms. The molecule has 0 radical (unpaired) electrons. The van der Waals surface area contributed by atoms with Crippen molar-refractivity contribution in [3.63, 3.8) is 0 Å². The van der Waals surface area contributed by atoms with Crippen LogP contribution in [0.15, 0.2) is 129 Å². The first-order chi connectivity index (χ1) is 35.3. The third-order valence-electron chi connectivity index (χ3n) is 11.5. The molecule has 0 spiro atoms. The van der Waals surface area contributed by atoms with Crippen LogP contribution in [-0.4, -0.2) is 99.8 Å². The predicted molar refractivity (Wildman–Crippen MR) is 273 cm³/mol. The second-order valence-corrected chi connectivity index (χ2v) is 22.4. The summed E-state index contributed by atoms with van der Waals surface area (Å²) in [6.07, 6.45) is 5.42. The van der Waals surface area contributed by atoms with Gasteiger partial charge in [-0.05, 0) is 60.7 Å². The van der Waals surface area contributed by atoms with Crippen LogP contribution < -0.4 is 31.9 Å². The van der Waals surface area contributed by atoms with Gasteiger partial charge in [0.25, 0.3) is 64.1 Å². The smallest absolute Gasteiger partial charge is 0.325 e. The molecule has 6 amide bonds. The Bertz CT molecular complexity index is 4020. The fourth-order valence-corrected chi connectivity index (χ4v) is 10.8. The third kappa shape index (κ3) is 11.2. The molecule has 0 unspecified atom stereocenters. The van der Waals surface area contributed by atoms with Gasteiger partial charge < -0.3 is 39.5 Å². The number of anilines is 6. The number of nitrogens with one attached hydrogen (secondary N) is 6. The lowest BCUT2D eigenvalue weighted by Crippen LogP contribution is -2.22. The zero-order valence-electron chi connectivity index (χ0n) is 39.4. The first kappa shape index (κ1) is 53.6. The number of benzene rings is 4. The average molecular weight is 1120 g/mol. The Labute approximate surface area is 430 Å². The quantitative estimate of drug-likeness (QED) is 0.0641. The van der Waals surface area contributed by atoms with Crippen LogP contribution in [0.4, 0.5) is 39.4 Å². The Morgan fingerprint density at radius 2 is 0.632 bits per heavy atom. The van der Waals surface area contributed by atoms with Gasteiger partial charge in [0.15, 0.2) is 0 Å². The summed E-state index contributed by atoms with van der Waals surface area (Å²) in [5.74, 6) is -2.54. The highest BCUT2D eigenvalue weighted by molar-refractivity contribution is 7.87. The summed E-state index contributed by atoms with van der Waals surface area (Å²) in [4.78, 5) is 63.9. The maximum absolute atomic E-state index is 13.4. The second kappa shape index (κ2) is 19.5. The molecule has 0 atom stereocenters. The molecule has 8 rings (SSSR count). The van der Waals surface area contributed by atoms with Gasteiger partial charge in [-0.15, -0.1) is 0 Å². The molecule has 0 bridgehead atoms. The molecular weight excluding hydrogens is 1080 g/mol. The first-order valence-corrected chi connectivity index (χ1v) is 27.1. The molecule has 76 heavy (non-hydrogen) atoms. The van der Waals surface area contributed by atoms with E-state index in [1.807, 2.05) is 0 Å². The zero-order valence-corrected chi connectivity index (χ0v) is 42.7. The standard InChI is InChI=1S/C45H40N10O17S4/c1-52-19-23(41(56)46-27-15-31-29(35(17-27)75(67,68)69)7-5-9-33(31)73(61,62)63)11-37(52)48-43(58)25-13-39(54(3)21-25)50-45(60)51-40-14-26(22-55(40)4)44(59)49-38-12-24(20-53(38)2)42(57)47-28-16-32-30(36(18-28)76(70,71)72)8-6-10-34(32)74(64,65)66/h5-22H,1-4H3,(H,46,56)(H,47,57)(H,48,58)(H,49,59)(H2,50,51,60)(H,61,62,63)(H,64,65,66)(H,67,68,69)(H,70,71,72). The maximum Gasteiger partial charge on any atom is 0.325 e. The number of rotatable bonds is 14. The van der Waals surface area contributed by atoms with Crippen LogP contribution in [0.1, 0.15) is 41.4 Å². The molecule has 4 aromatic carbocycles. The van der Waals surface area contributed by atoms with E-state index in [2.05, 4.69) is 31.9 Å². The van der Waals surface area contributed by atoms with Crippen molar-refractivity contribution >= 4 is 126 Å². The Kier molecular flexibility index (Phi) is 13.8. The number of hydrogen-bond acceptors (Lipinski definition) is 13. The molecule has 0 saturated heterocycles. The summed E-state index contributed by atoms with van der Waals surface area (Å²) in [6, 6.07) is 15.1. The van der Waals surface area contributed by atoms with Crippen LogP contribution >= 0.6 is 0 Å². The van der Waals surface area contributed by atoms with E-state index in [1.165, 1.54) is 108 Å². The van der Waals surface area contributed by atoms with Crippen LogP contribution in [0.3, 0.4) is 0 Å². The van der Waals surface area contributed by atoms with Gasteiger partial charge in [0.2, 0.25) is 0 Å². The zero-order chi connectivity index (χ0) is 55.6. The fourth-order valence-electron chi connectivity index (χ4n) is 7.97. The topological polar surface area (TPSA) is 395 Å². The normalized spacial score (nSPS) is 12.1. The van der Waals surface area contributed by atoms with E-state index >= 15 is 0 Å². The van der Waals surface area contributed by atoms with E-state index in [9.17, 15) is 75.9 Å². The summed E-state index contributed by atoms with van der Waals surface area (Å²) in [6.45, 7) is 0. The minimum atomic E-state index is -4.97. The molecular formula is C45H40N10O17S4. The number of carbonyl (C=O) groups excluding carboxylic acids is 5. The van der Waals surface area contributed by atoms with Crippen molar-refractivity contribution in [2.45, 2.75) is 19.6 Å². The van der Waals surface area contributed by atoms with E-state index in [4.69, 9.17) is 0 Å². The van der Waals surface area contributed by atoms with Crippen molar-refractivity contribution in [2.24, 2.45) is 28.2 Å². The highest BCUT2D eigenvalue weighted by Crippen LogP contribution is 2.34. The Morgan fingerprint density at radius 1 is 0.355 bits per heavy atom. The number of carbonyl (C=O) groups is 5. The van der Waals surface area contributed by atoms with Gasteiger partial charge in [0, 0.05) is 85.9 Å². The Morgan fingerprint density at radius 3 is 0.921 bits per heavy atom. The third-order valence-corrected chi connectivity index (χ3v) is 15.1. The van der Waals surface area contributed by atoms with E-state index in [0.29, 0.717) is 0 Å². The minimum Gasteiger partial charge on any atom is -0.337 e. The number of hydrogen-bond donors (Lipinski definition) is 10. The molecule has 10 N–H and O–H groups in total. The van der Waals surface area contributed by atoms with Gasteiger partial charge in [-0.2, -0.15) is 33.7 Å². The number of nitrogens with zero attached hydrogens (tertiary/aromatic N) is 4. The second-order valence-electron chi connectivity index (χ2n) is 16.8. The molecule has 4 heterocycles. The van der Waals surface area contributed by atoms with Gasteiger partial charge in [-0.25, -0.2) is 4.79 Å². The van der Waals surface area contributed by atoms with Crippen molar-refractivity contribution in [3.8, 4) is 0 Å². The number of fused-ring (bicyclic) bond motifs is 2. The van der Waals surface area contributed by atoms with E-state index in [0.717, 1.165) is 48.5 Å². The van der Waals surface area contributed by atoms with Gasteiger partial charge >= 0.3 is 6.03 Å². The van der Waals surface area contributed by atoms with Crippen molar-refractivity contribution in [3.05, 3.63) is 132 Å². The van der Waals surface area contributed by atoms with Crippen LogP contribution in [-0.2, 0) is 68.7 Å². The van der Waals surface area contributed by atoms with E-state index < -0.39 is 89.7 Å². The molecule has 396 valence electrons. The lowest BCUT2D eigenvalue weighted by molar-refractivity contribution is 0.101. The lowest BCUT2D eigenvalue weighted by Gasteiger charge is -2.11. The van der Waals surface area contributed by atoms with Crippen LogP contribution in [0.5, 0.6) is 0 Å². The summed E-state index contributed by atoms with van der Waals surface area (Å²) in [5, 5.41) is 14.2. The molecule has 8 aromatic rings. The van der Waals surface area contributed by atoms with Crippen LogP contribution in [0.2, 0.25) is 0 Å². The van der Waals surface area contributed by atoms with Crippen LogP contribution in [0, 0.1) is 0 Å². The molecule has 0 saturated carbocycles. The lowest BCUT2D eigenvalue weighted by atomic mass is 10.1. The van der Waals surface area contributed by atoms with Crippen LogP contribution in [0.25, 0.3) is 21.5 Å². The Balaban J connectivity index is 0.895. The van der Waals surface area contributed by atoms with Crippen molar-refractivity contribution < 1.29 is 75.9 Å². The molecule has 27 nitrogen and oxygen atoms in total. The summed E-state index contributed by atoms with van der Waals surface area (Å²) >= 11 is 0. The largest absolute Gasteiger partial charge is 0.337 e. The Hall–Kier alpha value is -8.69. The SMILES string of the molecule is Cn1cc(C(=O)Nc2cc(C(=O)Nc3cc(S(=O)(=O)O)c4cccc(S(=O)(=O)O)c4c3)cn2C)cc1NC(=O)Nc1cc(C(=O)Nc2cc(C(=O)Nc3cc(S(=O)(=O)O)c4cccc(S(=O)(=O)O)c4c3)cn2C)cn1C. The number of urea groups is 1. The highest BCUT2D eigenvalue weighted by Gasteiger charge is 2.26. The first-order valence-electron chi connectivity index (χ1n) is 21.4. The maximum atomic E-state index is 13.4. The summed E-state index contributed by atoms with van der Waals surface area (Å²) < 4.78 is 142. The molecule has 0 aliphatic heterocycles.